The molecule has 0 aliphatic carbocycles. The number of methoxy groups -OCH3 is 1. The smallest absolute Gasteiger partial charge is 0.166 e. The third-order valence-electron chi connectivity index (χ3n) is 1.90. The first-order valence-corrected chi connectivity index (χ1v) is 4.73. The molecular formula is C11H16O3. The van der Waals surface area contributed by atoms with E-state index in [1.54, 1.807) is 7.11 Å². The number of aliphatic hydroxyl groups excluding tert-OH is 1. The summed E-state index contributed by atoms with van der Waals surface area (Å²) in [6, 6.07) is 5.50. The van der Waals surface area contributed by atoms with Crippen molar-refractivity contribution in [2.24, 2.45) is 0 Å². The van der Waals surface area contributed by atoms with Gasteiger partial charge in [-0.25, -0.2) is 0 Å². The van der Waals surface area contributed by atoms with Crippen molar-refractivity contribution < 1.29 is 14.6 Å². The zero-order chi connectivity index (χ0) is 10.4. The predicted octanol–water partition coefficient (Wildman–Crippen LogP) is 1.98. The summed E-state index contributed by atoms with van der Waals surface area (Å²) in [7, 11) is 1.58. The van der Waals surface area contributed by atoms with E-state index in [2.05, 4.69) is 0 Å². The average molecular weight is 196 g/mol. The lowest BCUT2D eigenvalue weighted by Crippen LogP contribution is -2.00. The van der Waals surface area contributed by atoms with E-state index in [4.69, 9.17) is 14.6 Å². The lowest BCUT2D eigenvalue weighted by Gasteiger charge is -2.12. The summed E-state index contributed by atoms with van der Waals surface area (Å²) >= 11 is 0. The second-order valence-electron chi connectivity index (χ2n) is 2.96. The van der Waals surface area contributed by atoms with Gasteiger partial charge >= 0.3 is 0 Å². The normalized spacial score (nSPS) is 9.93. The third-order valence-corrected chi connectivity index (χ3v) is 1.90. The first-order chi connectivity index (χ1) is 6.83. The van der Waals surface area contributed by atoms with Crippen LogP contribution in [0.25, 0.3) is 0 Å². The molecule has 1 aromatic carbocycles. The van der Waals surface area contributed by atoms with Crippen LogP contribution in [-0.4, -0.2) is 18.8 Å². The molecular weight excluding hydrogens is 180 g/mol. The van der Waals surface area contributed by atoms with Gasteiger partial charge in [0.25, 0.3) is 0 Å². The monoisotopic (exact) mass is 196 g/mol. The van der Waals surface area contributed by atoms with Crippen molar-refractivity contribution in [2.45, 2.75) is 20.0 Å². The molecule has 1 N–H and O–H groups in total. The summed E-state index contributed by atoms with van der Waals surface area (Å²) < 4.78 is 10.7. The van der Waals surface area contributed by atoms with Crippen molar-refractivity contribution in [3.63, 3.8) is 0 Å². The number of ether oxygens (including phenoxy) is 2. The van der Waals surface area contributed by atoms with Gasteiger partial charge in [-0.15, -0.1) is 0 Å². The van der Waals surface area contributed by atoms with Crippen LogP contribution in [-0.2, 0) is 6.61 Å². The Morgan fingerprint density at radius 2 is 2.14 bits per heavy atom. The number of hydrogen-bond donors (Lipinski definition) is 1. The minimum absolute atomic E-state index is 0.0352. The Morgan fingerprint density at radius 1 is 1.36 bits per heavy atom. The second kappa shape index (κ2) is 5.50. The molecule has 0 heterocycles. The van der Waals surface area contributed by atoms with Crippen molar-refractivity contribution in [1.29, 1.82) is 0 Å². The van der Waals surface area contributed by atoms with Gasteiger partial charge < -0.3 is 14.6 Å². The van der Waals surface area contributed by atoms with Gasteiger partial charge in [-0.2, -0.15) is 0 Å². The summed E-state index contributed by atoms with van der Waals surface area (Å²) in [5.41, 5.74) is 0.751. The molecule has 3 heteroatoms. The van der Waals surface area contributed by atoms with Crippen molar-refractivity contribution in [1.82, 2.24) is 0 Å². The van der Waals surface area contributed by atoms with Crippen molar-refractivity contribution in [3.05, 3.63) is 23.8 Å². The highest BCUT2D eigenvalue weighted by Crippen LogP contribution is 2.30. The fraction of sp³-hybridized carbons (Fsp3) is 0.455. The lowest BCUT2D eigenvalue weighted by atomic mass is 10.2. The minimum atomic E-state index is -0.0352. The number of para-hydroxylation sites is 1. The van der Waals surface area contributed by atoms with E-state index >= 15 is 0 Å². The maximum atomic E-state index is 9.06. The Hall–Kier alpha value is -1.22. The van der Waals surface area contributed by atoms with Crippen molar-refractivity contribution in [2.75, 3.05) is 13.7 Å². The molecule has 1 rings (SSSR count). The van der Waals surface area contributed by atoms with E-state index in [1.807, 2.05) is 25.1 Å². The van der Waals surface area contributed by atoms with E-state index in [9.17, 15) is 0 Å². The molecule has 0 saturated carbocycles. The van der Waals surface area contributed by atoms with Gasteiger partial charge in [-0.1, -0.05) is 19.1 Å². The highest BCUT2D eigenvalue weighted by atomic mass is 16.5. The van der Waals surface area contributed by atoms with E-state index in [-0.39, 0.29) is 6.61 Å². The SMILES string of the molecule is CCCOc1cccc(CO)c1OC. The van der Waals surface area contributed by atoms with Gasteiger partial charge in [0, 0.05) is 5.56 Å². The van der Waals surface area contributed by atoms with E-state index in [0.717, 1.165) is 12.0 Å². The molecule has 0 fully saturated rings. The molecule has 0 aliphatic rings. The van der Waals surface area contributed by atoms with Crippen molar-refractivity contribution >= 4 is 0 Å². The molecule has 14 heavy (non-hydrogen) atoms. The van der Waals surface area contributed by atoms with Gasteiger partial charge in [-0.05, 0) is 12.5 Å². The summed E-state index contributed by atoms with van der Waals surface area (Å²) in [6.07, 6.45) is 0.951. The fourth-order valence-corrected chi connectivity index (χ4v) is 1.24. The highest BCUT2D eigenvalue weighted by Gasteiger charge is 2.08. The van der Waals surface area contributed by atoms with Crippen LogP contribution in [0.1, 0.15) is 18.9 Å². The lowest BCUT2D eigenvalue weighted by molar-refractivity contribution is 0.262. The average Bonchev–Trinajstić information content (AvgIpc) is 2.25. The molecule has 1 aromatic rings. The van der Waals surface area contributed by atoms with Crippen LogP contribution in [0.2, 0.25) is 0 Å². The van der Waals surface area contributed by atoms with Crippen LogP contribution in [0.15, 0.2) is 18.2 Å². The number of aliphatic hydroxyl groups is 1. The van der Waals surface area contributed by atoms with Crippen LogP contribution >= 0.6 is 0 Å². The topological polar surface area (TPSA) is 38.7 Å². The molecule has 0 bridgehead atoms. The highest BCUT2D eigenvalue weighted by molar-refractivity contribution is 5.46. The van der Waals surface area contributed by atoms with Crippen molar-refractivity contribution in [3.8, 4) is 11.5 Å². The zero-order valence-electron chi connectivity index (χ0n) is 8.62. The maximum Gasteiger partial charge on any atom is 0.166 e. The molecule has 0 atom stereocenters. The second-order valence-corrected chi connectivity index (χ2v) is 2.96. The Bertz CT molecular complexity index is 284. The molecule has 0 radical (unpaired) electrons. The van der Waals surface area contributed by atoms with Gasteiger partial charge in [0.2, 0.25) is 0 Å². The molecule has 0 aromatic heterocycles. The zero-order valence-corrected chi connectivity index (χ0v) is 8.62. The van der Waals surface area contributed by atoms with Gasteiger partial charge in [0.15, 0.2) is 11.5 Å². The largest absolute Gasteiger partial charge is 0.492 e. The van der Waals surface area contributed by atoms with E-state index in [1.165, 1.54) is 0 Å². The number of rotatable bonds is 5. The van der Waals surface area contributed by atoms with Crippen LogP contribution in [0.5, 0.6) is 11.5 Å². The standard InChI is InChI=1S/C11H16O3/c1-3-7-14-10-6-4-5-9(8-12)11(10)13-2/h4-6,12H,3,7-8H2,1-2H3. The van der Waals surface area contributed by atoms with Gasteiger partial charge in [0.05, 0.1) is 20.3 Å². The maximum absolute atomic E-state index is 9.06. The molecule has 0 unspecified atom stereocenters. The molecule has 0 saturated heterocycles. The van der Waals surface area contributed by atoms with Crippen LogP contribution in [0.3, 0.4) is 0 Å². The summed E-state index contributed by atoms with van der Waals surface area (Å²) in [5.74, 6) is 1.32. The summed E-state index contributed by atoms with van der Waals surface area (Å²) in [6.45, 7) is 2.67. The van der Waals surface area contributed by atoms with E-state index < -0.39 is 0 Å². The van der Waals surface area contributed by atoms with Crippen LogP contribution < -0.4 is 9.47 Å². The summed E-state index contributed by atoms with van der Waals surface area (Å²) in [4.78, 5) is 0. The Labute approximate surface area is 84.3 Å². The fourth-order valence-electron chi connectivity index (χ4n) is 1.24. The quantitative estimate of drug-likeness (QED) is 0.782. The van der Waals surface area contributed by atoms with Crippen LogP contribution in [0.4, 0.5) is 0 Å². The third kappa shape index (κ3) is 2.39. The number of hydrogen-bond acceptors (Lipinski definition) is 3. The summed E-state index contributed by atoms with van der Waals surface area (Å²) in [5, 5.41) is 9.06. The molecule has 0 amide bonds. The van der Waals surface area contributed by atoms with Gasteiger partial charge in [0.1, 0.15) is 0 Å². The Balaban J connectivity index is 2.90. The van der Waals surface area contributed by atoms with Crippen LogP contribution in [0, 0.1) is 0 Å². The molecule has 78 valence electrons. The number of benzene rings is 1. The Morgan fingerprint density at radius 3 is 2.71 bits per heavy atom. The molecule has 0 aliphatic heterocycles. The first kappa shape index (κ1) is 10.9. The molecule has 3 nitrogen and oxygen atoms in total. The Kier molecular flexibility index (Phi) is 4.26. The predicted molar refractivity (Wildman–Crippen MR) is 54.7 cm³/mol. The van der Waals surface area contributed by atoms with Gasteiger partial charge in [-0.3, -0.25) is 0 Å². The first-order valence-electron chi connectivity index (χ1n) is 4.73. The minimum Gasteiger partial charge on any atom is -0.492 e. The van der Waals surface area contributed by atoms with E-state index in [0.29, 0.717) is 18.1 Å². The molecule has 0 spiro atoms.